The summed E-state index contributed by atoms with van der Waals surface area (Å²) in [5, 5.41) is 2.69. The number of hydrogen-bond acceptors (Lipinski definition) is 4. The summed E-state index contributed by atoms with van der Waals surface area (Å²) in [6, 6.07) is 5.01. The molecule has 24 heavy (non-hydrogen) atoms. The topological polar surface area (TPSA) is 64.6 Å². The molecule has 0 radical (unpaired) electrons. The number of ether oxygens (including phenoxy) is 1. The van der Waals surface area contributed by atoms with E-state index in [9.17, 15) is 13.8 Å². The van der Waals surface area contributed by atoms with Crippen LogP contribution in [0.5, 0.6) is 5.75 Å². The van der Waals surface area contributed by atoms with Gasteiger partial charge in [-0.3, -0.25) is 4.79 Å². The first-order valence-electron chi connectivity index (χ1n) is 8.08. The van der Waals surface area contributed by atoms with Crippen LogP contribution in [-0.2, 0) is 14.1 Å². The van der Waals surface area contributed by atoms with Crippen LogP contribution >= 0.6 is 18.1 Å². The Kier molecular flexibility index (Phi) is 6.67. The van der Waals surface area contributed by atoms with Gasteiger partial charge < -0.3 is 9.26 Å². The molecule has 1 fully saturated rings. The average Bonchev–Trinajstić information content (AvgIpc) is 2.98. The molecule has 1 aromatic rings. The Labute approximate surface area is 146 Å². The predicted molar refractivity (Wildman–Crippen MR) is 90.7 cm³/mol. The van der Waals surface area contributed by atoms with E-state index in [0.29, 0.717) is 19.4 Å². The predicted octanol–water partition coefficient (Wildman–Crippen LogP) is 4.80. The summed E-state index contributed by atoms with van der Waals surface area (Å²) in [5.41, 5.74) is -1.09. The molecule has 1 aliphatic rings. The molecule has 0 saturated heterocycles. The van der Waals surface area contributed by atoms with E-state index in [1.54, 1.807) is 0 Å². The first-order chi connectivity index (χ1) is 11.4. The quantitative estimate of drug-likeness (QED) is 0.400. The third-order valence-electron chi connectivity index (χ3n) is 3.96. The lowest BCUT2D eigenvalue weighted by atomic mass is 10.00. The third kappa shape index (κ3) is 5.20. The number of benzene rings is 1. The van der Waals surface area contributed by atoms with E-state index >= 15 is 0 Å². The van der Waals surface area contributed by atoms with Gasteiger partial charge in [-0.05, 0) is 43.5 Å². The van der Waals surface area contributed by atoms with Gasteiger partial charge in [0.2, 0.25) is 0 Å². The van der Waals surface area contributed by atoms with Crippen LogP contribution in [0.15, 0.2) is 24.3 Å². The van der Waals surface area contributed by atoms with E-state index in [1.807, 2.05) is 6.92 Å². The van der Waals surface area contributed by atoms with Crippen LogP contribution in [0.2, 0.25) is 0 Å². The molecule has 0 bridgehead atoms. The third-order valence-corrected chi connectivity index (χ3v) is 5.56. The lowest BCUT2D eigenvalue weighted by molar-refractivity contribution is -0.150. The van der Waals surface area contributed by atoms with Crippen LogP contribution in [0, 0.1) is 5.82 Å². The van der Waals surface area contributed by atoms with Crippen molar-refractivity contribution in [2.24, 2.45) is 0 Å². The van der Waals surface area contributed by atoms with Gasteiger partial charge in [0.05, 0.1) is 6.61 Å². The van der Waals surface area contributed by atoms with Crippen LogP contribution in [0.25, 0.3) is 0 Å². The second-order valence-corrected chi connectivity index (χ2v) is 8.62. The summed E-state index contributed by atoms with van der Waals surface area (Å²) >= 11 is 6.01. The molecule has 134 valence electrons. The van der Waals surface area contributed by atoms with Gasteiger partial charge in [0.1, 0.15) is 17.1 Å². The van der Waals surface area contributed by atoms with E-state index in [-0.39, 0.29) is 5.75 Å². The first-order valence-corrected chi connectivity index (χ1v) is 10.6. The Morgan fingerprint density at radius 3 is 2.54 bits per heavy atom. The van der Waals surface area contributed by atoms with E-state index in [4.69, 9.17) is 20.5 Å². The zero-order valence-electron chi connectivity index (χ0n) is 13.6. The highest BCUT2D eigenvalue weighted by molar-refractivity contribution is 7.84. The van der Waals surface area contributed by atoms with Crippen molar-refractivity contribution >= 4 is 24.1 Å². The molecule has 1 saturated carbocycles. The molecule has 5 nitrogen and oxygen atoms in total. The monoisotopic (exact) mass is 377 g/mol. The first kappa shape index (κ1) is 19.2. The lowest BCUT2D eigenvalue weighted by Crippen LogP contribution is -2.49. The van der Waals surface area contributed by atoms with Gasteiger partial charge in [-0.15, -0.1) is 0 Å². The summed E-state index contributed by atoms with van der Waals surface area (Å²) in [7, 11) is 0. The van der Waals surface area contributed by atoms with Crippen LogP contribution in [-0.4, -0.2) is 18.1 Å². The molecule has 1 aromatic carbocycles. The average molecular weight is 378 g/mol. The number of hydrogen-bond donors (Lipinski definition) is 1. The van der Waals surface area contributed by atoms with E-state index < -0.39 is 24.2 Å². The summed E-state index contributed by atoms with van der Waals surface area (Å²) in [6.07, 6.45) is 4.28. The smallest absolute Gasteiger partial charge is 0.410 e. The van der Waals surface area contributed by atoms with Gasteiger partial charge in [0.25, 0.3) is 0 Å². The molecule has 1 atom stereocenters. The number of rotatable bonds is 8. The maximum absolute atomic E-state index is 12.9. The normalized spacial score (nSPS) is 18.8. The van der Waals surface area contributed by atoms with Crippen LogP contribution in [0.1, 0.15) is 45.4 Å². The molecule has 0 aliphatic heterocycles. The summed E-state index contributed by atoms with van der Waals surface area (Å²) < 4.78 is 36.1. The van der Waals surface area contributed by atoms with E-state index in [2.05, 4.69) is 5.09 Å². The zero-order valence-corrected chi connectivity index (χ0v) is 15.2. The highest BCUT2D eigenvalue weighted by atomic mass is 35.7. The van der Waals surface area contributed by atoms with Crippen molar-refractivity contribution in [2.45, 2.75) is 51.0 Å². The summed E-state index contributed by atoms with van der Waals surface area (Å²) in [6.45, 7) is -1.51. The number of carbonyl (C=O) groups excluding carboxylic acids is 1. The fraction of sp³-hybridized carbons (Fsp3) is 0.562. The summed E-state index contributed by atoms with van der Waals surface area (Å²) in [4.78, 5) is 12.4. The minimum absolute atomic E-state index is 0.162. The number of nitrogens with one attached hydrogen (secondary N) is 1. The molecule has 8 heteroatoms. The van der Waals surface area contributed by atoms with Gasteiger partial charge in [-0.1, -0.05) is 26.2 Å². The number of esters is 1. The molecule has 2 rings (SSSR count). The molecule has 1 aliphatic carbocycles. The molecule has 0 aromatic heterocycles. The molecular formula is C16H22ClFNO4P. The minimum Gasteiger partial charge on any atom is -0.464 e. The summed E-state index contributed by atoms with van der Waals surface area (Å²) in [5.74, 6) is -0.724. The number of carbonyl (C=O) groups is 1. The Hall–Kier alpha value is -1.10. The largest absolute Gasteiger partial charge is 0.464 e. The SMILES string of the molecule is CCCCOC(=O)C1(NP(=O)(Cl)Oc2ccc(F)cc2)CCCC1. The Bertz CT molecular complexity index is 605. The lowest BCUT2D eigenvalue weighted by Gasteiger charge is -2.29. The van der Waals surface area contributed by atoms with Gasteiger partial charge >= 0.3 is 12.8 Å². The van der Waals surface area contributed by atoms with Crippen molar-refractivity contribution in [1.29, 1.82) is 0 Å². The highest BCUT2D eigenvalue weighted by Crippen LogP contribution is 2.52. The fourth-order valence-corrected chi connectivity index (χ4v) is 4.69. The maximum atomic E-state index is 12.9. The van der Waals surface area contributed by atoms with Crippen molar-refractivity contribution in [2.75, 3.05) is 6.61 Å². The molecule has 0 spiro atoms. The van der Waals surface area contributed by atoms with Crippen LogP contribution in [0.4, 0.5) is 4.39 Å². The second kappa shape index (κ2) is 8.32. The molecule has 1 unspecified atom stereocenters. The van der Waals surface area contributed by atoms with Gasteiger partial charge in [-0.2, -0.15) is 0 Å². The van der Waals surface area contributed by atoms with Crippen molar-refractivity contribution < 1.29 is 23.0 Å². The van der Waals surface area contributed by atoms with Gasteiger partial charge in [-0.25, -0.2) is 14.0 Å². The second-order valence-electron chi connectivity index (χ2n) is 5.92. The zero-order chi connectivity index (χ0) is 17.6. The Morgan fingerprint density at radius 1 is 1.33 bits per heavy atom. The van der Waals surface area contributed by atoms with Crippen LogP contribution < -0.4 is 9.61 Å². The molecule has 0 heterocycles. The number of halogens is 2. The number of unbranched alkanes of at least 4 members (excludes halogenated alkanes) is 1. The standard InChI is InChI=1S/C16H22ClFNO4P/c1-2-3-12-22-15(20)16(10-4-5-11-16)19-24(17,21)23-14-8-6-13(18)7-9-14/h6-9H,2-5,10-12H2,1H3,(H,19,21). The van der Waals surface area contributed by atoms with Crippen molar-refractivity contribution in [3.63, 3.8) is 0 Å². The Morgan fingerprint density at radius 2 is 1.96 bits per heavy atom. The van der Waals surface area contributed by atoms with Crippen molar-refractivity contribution in [3.05, 3.63) is 30.1 Å². The molecule has 0 amide bonds. The minimum atomic E-state index is -3.84. The van der Waals surface area contributed by atoms with Crippen molar-refractivity contribution in [1.82, 2.24) is 5.09 Å². The maximum Gasteiger partial charge on any atom is 0.410 e. The molecule has 1 N–H and O–H groups in total. The fourth-order valence-electron chi connectivity index (χ4n) is 2.70. The Balaban J connectivity index is 2.06. The van der Waals surface area contributed by atoms with Gasteiger partial charge in [0, 0.05) is 11.2 Å². The van der Waals surface area contributed by atoms with Crippen LogP contribution in [0.3, 0.4) is 0 Å². The highest BCUT2D eigenvalue weighted by Gasteiger charge is 2.47. The van der Waals surface area contributed by atoms with Crippen molar-refractivity contribution in [3.8, 4) is 5.75 Å². The van der Waals surface area contributed by atoms with Gasteiger partial charge in [0.15, 0.2) is 0 Å². The van der Waals surface area contributed by atoms with E-state index in [0.717, 1.165) is 25.7 Å². The molecular weight excluding hydrogens is 356 g/mol. The van der Waals surface area contributed by atoms with E-state index in [1.165, 1.54) is 24.3 Å².